The normalized spacial score (nSPS) is 22.6. The molecule has 0 aliphatic carbocycles. The Morgan fingerprint density at radius 1 is 1.24 bits per heavy atom. The summed E-state index contributed by atoms with van der Waals surface area (Å²) in [7, 11) is 0. The van der Waals surface area contributed by atoms with Crippen LogP contribution < -0.4 is 10.6 Å². The van der Waals surface area contributed by atoms with Crippen molar-refractivity contribution in [2.75, 3.05) is 11.9 Å². The van der Waals surface area contributed by atoms with Crippen molar-refractivity contribution in [2.24, 2.45) is 0 Å². The first-order valence-electron chi connectivity index (χ1n) is 5.95. The molecule has 1 amide bonds. The van der Waals surface area contributed by atoms with Gasteiger partial charge in [0.15, 0.2) is 0 Å². The number of amides is 1. The van der Waals surface area contributed by atoms with Crippen LogP contribution in [0.4, 0.5) is 5.69 Å². The fraction of sp³-hybridized carbons (Fsp3) is 0.462. The lowest BCUT2D eigenvalue weighted by Gasteiger charge is -2.37. The van der Waals surface area contributed by atoms with Crippen LogP contribution in [0.1, 0.15) is 36.5 Å². The summed E-state index contributed by atoms with van der Waals surface area (Å²) < 4.78 is 0. The Morgan fingerprint density at radius 3 is 2.76 bits per heavy atom. The third kappa shape index (κ3) is 2.58. The first-order chi connectivity index (χ1) is 8.14. The summed E-state index contributed by atoms with van der Waals surface area (Å²) in [5.41, 5.74) is 1.15. The molecule has 1 unspecified atom stereocenters. The Kier molecular flexibility index (Phi) is 3.33. The molecular formula is C13H18N2O2. The van der Waals surface area contributed by atoms with Crippen molar-refractivity contribution >= 4 is 11.6 Å². The van der Waals surface area contributed by atoms with E-state index in [0.29, 0.717) is 5.56 Å². The van der Waals surface area contributed by atoms with E-state index >= 15 is 0 Å². The number of unbranched alkanes of at least 4 members (excludes halogenated alkanes) is 1. The molecule has 2 rings (SSSR count). The molecule has 1 atom stereocenters. The zero-order chi connectivity index (χ0) is 12.3. The quantitative estimate of drug-likeness (QED) is 0.695. The highest BCUT2D eigenvalue weighted by Crippen LogP contribution is 2.26. The topological polar surface area (TPSA) is 61.4 Å². The molecule has 1 aliphatic rings. The first kappa shape index (κ1) is 11.9. The summed E-state index contributed by atoms with van der Waals surface area (Å²) in [6.45, 7) is 2.17. The molecule has 0 saturated heterocycles. The molecule has 0 fully saturated rings. The van der Waals surface area contributed by atoms with Crippen molar-refractivity contribution in [3.8, 4) is 0 Å². The predicted molar refractivity (Wildman–Crippen MR) is 66.9 cm³/mol. The number of fused-ring (bicyclic) bond motifs is 1. The highest BCUT2D eigenvalue weighted by atomic mass is 16.2. The van der Waals surface area contributed by atoms with Gasteiger partial charge in [-0.15, -0.1) is 0 Å². The Balaban J connectivity index is 2.12. The van der Waals surface area contributed by atoms with Gasteiger partial charge in [-0.05, 0) is 38.3 Å². The summed E-state index contributed by atoms with van der Waals surface area (Å²) in [5, 5.41) is 15.1. The third-order valence-electron chi connectivity index (χ3n) is 3.06. The Labute approximate surface area is 101 Å². The van der Waals surface area contributed by atoms with Gasteiger partial charge in [-0.25, -0.2) is 0 Å². The highest BCUT2D eigenvalue weighted by Gasteiger charge is 2.32. The van der Waals surface area contributed by atoms with Gasteiger partial charge in [-0.2, -0.15) is 0 Å². The van der Waals surface area contributed by atoms with Gasteiger partial charge in [0.05, 0.1) is 5.56 Å². The fourth-order valence-corrected chi connectivity index (χ4v) is 2.15. The number of aliphatic hydroxyl groups is 1. The van der Waals surface area contributed by atoms with Crippen LogP contribution in [0, 0.1) is 0 Å². The Hall–Kier alpha value is -1.55. The zero-order valence-electron chi connectivity index (χ0n) is 9.99. The fourth-order valence-electron chi connectivity index (χ4n) is 2.15. The minimum absolute atomic E-state index is 0.0363. The monoisotopic (exact) mass is 234 g/mol. The number of benzene rings is 1. The average Bonchev–Trinajstić information content (AvgIpc) is 2.29. The van der Waals surface area contributed by atoms with Crippen LogP contribution in [0.3, 0.4) is 0 Å². The Morgan fingerprint density at radius 2 is 2.00 bits per heavy atom. The van der Waals surface area contributed by atoms with Gasteiger partial charge in [0, 0.05) is 12.3 Å². The molecule has 0 aromatic heterocycles. The molecule has 1 heterocycles. The van der Waals surface area contributed by atoms with Gasteiger partial charge in [-0.3, -0.25) is 4.79 Å². The van der Waals surface area contributed by atoms with E-state index in [-0.39, 0.29) is 12.5 Å². The second kappa shape index (κ2) is 4.75. The van der Waals surface area contributed by atoms with Crippen molar-refractivity contribution in [1.29, 1.82) is 0 Å². The molecule has 0 bridgehead atoms. The van der Waals surface area contributed by atoms with Crippen molar-refractivity contribution in [1.82, 2.24) is 5.32 Å². The van der Waals surface area contributed by atoms with E-state index in [0.717, 1.165) is 24.9 Å². The van der Waals surface area contributed by atoms with Crippen molar-refractivity contribution in [3.63, 3.8) is 0 Å². The highest BCUT2D eigenvalue weighted by molar-refractivity contribution is 6.02. The van der Waals surface area contributed by atoms with Crippen LogP contribution >= 0.6 is 0 Å². The minimum atomic E-state index is -0.416. The number of para-hydroxylation sites is 1. The maximum absolute atomic E-state index is 11.9. The van der Waals surface area contributed by atoms with E-state index < -0.39 is 5.66 Å². The number of aliphatic hydroxyl groups excluding tert-OH is 1. The van der Waals surface area contributed by atoms with Crippen LogP contribution in [-0.4, -0.2) is 23.3 Å². The van der Waals surface area contributed by atoms with E-state index in [2.05, 4.69) is 10.6 Å². The van der Waals surface area contributed by atoms with Crippen LogP contribution in [0.2, 0.25) is 0 Å². The molecule has 3 N–H and O–H groups in total. The van der Waals surface area contributed by atoms with E-state index in [1.807, 2.05) is 31.2 Å². The molecule has 0 radical (unpaired) electrons. The largest absolute Gasteiger partial charge is 0.396 e. The van der Waals surface area contributed by atoms with E-state index in [1.54, 1.807) is 0 Å². The first-order valence-corrected chi connectivity index (χ1v) is 5.95. The van der Waals surface area contributed by atoms with Gasteiger partial charge >= 0.3 is 0 Å². The van der Waals surface area contributed by atoms with E-state index in [1.165, 1.54) is 0 Å². The molecule has 92 valence electrons. The van der Waals surface area contributed by atoms with Gasteiger partial charge in [0.25, 0.3) is 5.91 Å². The van der Waals surface area contributed by atoms with Gasteiger partial charge in [0.1, 0.15) is 5.66 Å². The van der Waals surface area contributed by atoms with Crippen molar-refractivity contribution in [2.45, 2.75) is 31.8 Å². The lowest BCUT2D eigenvalue weighted by molar-refractivity contribution is 0.0901. The number of rotatable bonds is 4. The van der Waals surface area contributed by atoms with Gasteiger partial charge < -0.3 is 15.7 Å². The molecule has 4 heteroatoms. The lowest BCUT2D eigenvalue weighted by Crippen LogP contribution is -2.55. The van der Waals surface area contributed by atoms with E-state index in [4.69, 9.17) is 5.11 Å². The average molecular weight is 234 g/mol. The summed E-state index contributed by atoms with van der Waals surface area (Å²) >= 11 is 0. The molecule has 0 spiro atoms. The maximum Gasteiger partial charge on any atom is 0.255 e. The third-order valence-corrected chi connectivity index (χ3v) is 3.06. The molecule has 1 aromatic rings. The maximum atomic E-state index is 11.9. The standard InChI is InChI=1S/C13H18N2O2/c1-13(8-4-5-9-16)14-11-7-3-2-6-10(11)12(17)15-13/h2-3,6-7,14,16H,4-5,8-9H2,1H3,(H,15,17). The number of hydrogen-bond donors (Lipinski definition) is 3. The molecule has 4 nitrogen and oxygen atoms in total. The van der Waals surface area contributed by atoms with Gasteiger partial charge in [0.2, 0.25) is 0 Å². The number of nitrogens with one attached hydrogen (secondary N) is 2. The predicted octanol–water partition coefficient (Wildman–Crippen LogP) is 1.72. The van der Waals surface area contributed by atoms with Gasteiger partial charge in [-0.1, -0.05) is 12.1 Å². The number of hydrogen-bond acceptors (Lipinski definition) is 3. The van der Waals surface area contributed by atoms with Crippen molar-refractivity contribution < 1.29 is 9.90 Å². The van der Waals surface area contributed by atoms with Crippen LogP contribution in [0.15, 0.2) is 24.3 Å². The zero-order valence-corrected chi connectivity index (χ0v) is 9.99. The summed E-state index contributed by atoms with van der Waals surface area (Å²) in [6.07, 6.45) is 2.44. The number of anilines is 1. The number of carbonyl (C=O) groups excluding carboxylic acids is 1. The SMILES string of the molecule is CC1(CCCCO)NC(=O)c2ccccc2N1. The molecule has 1 aliphatic heterocycles. The van der Waals surface area contributed by atoms with Crippen LogP contribution in [0.25, 0.3) is 0 Å². The Bertz CT molecular complexity index is 420. The molecule has 0 saturated carbocycles. The summed E-state index contributed by atoms with van der Waals surface area (Å²) in [6, 6.07) is 7.50. The molecule has 17 heavy (non-hydrogen) atoms. The van der Waals surface area contributed by atoms with Crippen LogP contribution in [0.5, 0.6) is 0 Å². The molecular weight excluding hydrogens is 216 g/mol. The summed E-state index contributed by atoms with van der Waals surface area (Å²) in [5.74, 6) is -0.0363. The number of carbonyl (C=O) groups is 1. The smallest absolute Gasteiger partial charge is 0.255 e. The second-order valence-corrected chi connectivity index (χ2v) is 4.64. The van der Waals surface area contributed by atoms with Crippen LogP contribution in [-0.2, 0) is 0 Å². The molecule has 1 aromatic carbocycles. The van der Waals surface area contributed by atoms with E-state index in [9.17, 15) is 4.79 Å². The lowest BCUT2D eigenvalue weighted by atomic mass is 9.98. The second-order valence-electron chi connectivity index (χ2n) is 4.64. The summed E-state index contributed by atoms with van der Waals surface area (Å²) in [4.78, 5) is 11.9. The minimum Gasteiger partial charge on any atom is -0.396 e. The van der Waals surface area contributed by atoms with Crippen molar-refractivity contribution in [3.05, 3.63) is 29.8 Å².